The second kappa shape index (κ2) is 8.66. The molecule has 0 atom stereocenters. The van der Waals surface area contributed by atoms with Crippen LogP contribution in [0.25, 0.3) is 0 Å². The Labute approximate surface area is 187 Å². The van der Waals surface area contributed by atoms with Crippen LogP contribution in [-0.4, -0.2) is 10.8 Å². The number of anilines is 2. The van der Waals surface area contributed by atoms with Crippen LogP contribution in [0, 0.1) is 0 Å². The van der Waals surface area contributed by atoms with E-state index >= 15 is 0 Å². The lowest BCUT2D eigenvalue weighted by Gasteiger charge is -2.30. The summed E-state index contributed by atoms with van der Waals surface area (Å²) in [4.78, 5) is 18.6. The third kappa shape index (κ3) is 5.61. The van der Waals surface area contributed by atoms with Crippen LogP contribution >= 0.6 is 0 Å². The van der Waals surface area contributed by atoms with Gasteiger partial charge in [-0.2, -0.15) is 0 Å². The summed E-state index contributed by atoms with van der Waals surface area (Å²) in [5, 5.41) is 0. The third-order valence-corrected chi connectivity index (χ3v) is 5.58. The van der Waals surface area contributed by atoms with Gasteiger partial charge in [-0.1, -0.05) is 77.9 Å². The van der Waals surface area contributed by atoms with E-state index in [-0.39, 0.29) is 16.6 Å². The molecular formula is C28H34N2O. The lowest BCUT2D eigenvalue weighted by Crippen LogP contribution is -2.22. The van der Waals surface area contributed by atoms with Crippen molar-refractivity contribution in [3.8, 4) is 0 Å². The number of ketones is 1. The van der Waals surface area contributed by atoms with Gasteiger partial charge in [0.25, 0.3) is 0 Å². The Hall–Kier alpha value is -2.94. The van der Waals surface area contributed by atoms with E-state index < -0.39 is 0 Å². The first-order chi connectivity index (χ1) is 14.4. The van der Waals surface area contributed by atoms with E-state index in [0.717, 1.165) is 11.5 Å². The Morgan fingerprint density at radius 1 is 0.839 bits per heavy atom. The van der Waals surface area contributed by atoms with Crippen LogP contribution in [0.15, 0.2) is 66.9 Å². The van der Waals surface area contributed by atoms with Crippen molar-refractivity contribution in [3.63, 3.8) is 0 Å². The molecule has 0 saturated carbocycles. The van der Waals surface area contributed by atoms with Crippen molar-refractivity contribution in [2.75, 3.05) is 4.90 Å². The zero-order valence-corrected chi connectivity index (χ0v) is 19.9. The summed E-state index contributed by atoms with van der Waals surface area (Å²) >= 11 is 0. The highest BCUT2D eigenvalue weighted by atomic mass is 16.1. The molecule has 0 saturated heterocycles. The molecule has 3 heteroatoms. The van der Waals surface area contributed by atoms with E-state index in [0.29, 0.717) is 12.1 Å². The van der Waals surface area contributed by atoms with Crippen molar-refractivity contribution >= 4 is 17.3 Å². The molecule has 0 amide bonds. The molecule has 0 N–H and O–H groups in total. The van der Waals surface area contributed by atoms with Crippen LogP contribution in [0.1, 0.15) is 75.5 Å². The lowest BCUT2D eigenvalue weighted by atomic mass is 9.80. The molecular weight excluding hydrogens is 380 g/mol. The molecule has 2 aromatic carbocycles. The highest BCUT2D eigenvalue weighted by Gasteiger charge is 2.23. The van der Waals surface area contributed by atoms with Gasteiger partial charge >= 0.3 is 0 Å². The van der Waals surface area contributed by atoms with Gasteiger partial charge in [-0.25, -0.2) is 4.98 Å². The summed E-state index contributed by atoms with van der Waals surface area (Å²) in [6.07, 6.45) is 1.67. The average Bonchev–Trinajstić information content (AvgIpc) is 2.71. The summed E-state index contributed by atoms with van der Waals surface area (Å²) in [7, 11) is 0. The standard InChI is InChI=1S/C28H34N2O/c1-20(31)22-13-14-26(29-18-22)30(19-21-11-9-8-10-12-21)25-16-23(27(2,3)4)15-24(17-25)28(5,6)7/h8-18H,19H2,1-7H3. The van der Waals surface area contributed by atoms with Gasteiger partial charge < -0.3 is 4.90 Å². The number of carbonyl (C=O) groups excluding carboxylic acids is 1. The molecule has 3 rings (SSSR count). The van der Waals surface area contributed by atoms with Crippen molar-refractivity contribution in [3.05, 3.63) is 89.1 Å². The van der Waals surface area contributed by atoms with E-state index in [9.17, 15) is 4.79 Å². The fourth-order valence-corrected chi connectivity index (χ4v) is 3.46. The molecule has 3 nitrogen and oxygen atoms in total. The van der Waals surface area contributed by atoms with Gasteiger partial charge in [0.05, 0.1) is 0 Å². The van der Waals surface area contributed by atoms with E-state index in [2.05, 4.69) is 93.9 Å². The monoisotopic (exact) mass is 414 g/mol. The number of aromatic nitrogens is 1. The number of Topliss-reactive ketones (excluding diaryl/α,β-unsaturated/α-hetero) is 1. The Morgan fingerprint density at radius 3 is 1.87 bits per heavy atom. The van der Waals surface area contributed by atoms with Crippen molar-refractivity contribution in [1.82, 2.24) is 4.98 Å². The normalized spacial score (nSPS) is 12.0. The second-order valence-electron chi connectivity index (χ2n) is 10.3. The quantitative estimate of drug-likeness (QED) is 0.413. The maximum atomic E-state index is 11.7. The van der Waals surface area contributed by atoms with Gasteiger partial charge in [0, 0.05) is 24.0 Å². The first-order valence-corrected chi connectivity index (χ1v) is 10.9. The Morgan fingerprint density at radius 2 is 1.42 bits per heavy atom. The van der Waals surface area contributed by atoms with Crippen molar-refractivity contribution in [2.24, 2.45) is 0 Å². The van der Waals surface area contributed by atoms with Crippen LogP contribution in [0.3, 0.4) is 0 Å². The average molecular weight is 415 g/mol. The van der Waals surface area contributed by atoms with Gasteiger partial charge in [-0.15, -0.1) is 0 Å². The van der Waals surface area contributed by atoms with Crippen LogP contribution in [0.2, 0.25) is 0 Å². The van der Waals surface area contributed by atoms with E-state index in [1.54, 1.807) is 13.1 Å². The van der Waals surface area contributed by atoms with Crippen molar-refractivity contribution in [1.29, 1.82) is 0 Å². The number of nitrogens with zero attached hydrogens (tertiary/aromatic N) is 2. The molecule has 0 bridgehead atoms. The van der Waals surface area contributed by atoms with E-state index in [1.807, 2.05) is 18.2 Å². The second-order valence-corrected chi connectivity index (χ2v) is 10.3. The lowest BCUT2D eigenvalue weighted by molar-refractivity contribution is 0.101. The van der Waals surface area contributed by atoms with E-state index in [4.69, 9.17) is 0 Å². The fraction of sp³-hybridized carbons (Fsp3) is 0.357. The minimum atomic E-state index is 0.0263. The molecule has 1 heterocycles. The number of rotatable bonds is 5. The van der Waals surface area contributed by atoms with Gasteiger partial charge in [-0.3, -0.25) is 4.79 Å². The van der Waals surface area contributed by atoms with Gasteiger partial charge in [0.15, 0.2) is 5.78 Å². The largest absolute Gasteiger partial charge is 0.322 e. The number of pyridine rings is 1. The minimum absolute atomic E-state index is 0.0263. The van der Waals surface area contributed by atoms with Crippen LogP contribution in [0.5, 0.6) is 0 Å². The van der Waals surface area contributed by atoms with Gasteiger partial charge in [0.2, 0.25) is 0 Å². The summed E-state index contributed by atoms with van der Waals surface area (Å²) in [5.74, 6) is 0.859. The van der Waals surface area contributed by atoms with Crippen LogP contribution < -0.4 is 4.90 Å². The number of benzene rings is 2. The molecule has 0 aliphatic heterocycles. The third-order valence-electron chi connectivity index (χ3n) is 5.58. The Balaban J connectivity index is 2.17. The molecule has 1 aromatic heterocycles. The topological polar surface area (TPSA) is 33.2 Å². The first-order valence-electron chi connectivity index (χ1n) is 10.9. The molecule has 0 fully saturated rings. The number of hydrogen-bond acceptors (Lipinski definition) is 3. The predicted molar refractivity (Wildman–Crippen MR) is 130 cm³/mol. The van der Waals surface area contributed by atoms with E-state index in [1.165, 1.54) is 16.7 Å². The zero-order valence-electron chi connectivity index (χ0n) is 19.9. The molecule has 31 heavy (non-hydrogen) atoms. The highest BCUT2D eigenvalue weighted by molar-refractivity contribution is 5.93. The maximum absolute atomic E-state index is 11.7. The molecule has 3 aromatic rings. The predicted octanol–water partition coefficient (Wildman–Crippen LogP) is 7.22. The van der Waals surface area contributed by atoms with Crippen molar-refractivity contribution < 1.29 is 4.79 Å². The maximum Gasteiger partial charge on any atom is 0.161 e. The fourth-order valence-electron chi connectivity index (χ4n) is 3.46. The van der Waals surface area contributed by atoms with Crippen LogP contribution in [-0.2, 0) is 17.4 Å². The molecule has 0 aliphatic carbocycles. The van der Waals surface area contributed by atoms with Crippen molar-refractivity contribution in [2.45, 2.75) is 65.8 Å². The SMILES string of the molecule is CC(=O)c1ccc(N(Cc2ccccc2)c2cc(C(C)(C)C)cc(C(C)(C)C)c2)nc1. The minimum Gasteiger partial charge on any atom is -0.322 e. The molecule has 162 valence electrons. The summed E-state index contributed by atoms with van der Waals surface area (Å²) in [5.41, 5.74) is 5.60. The van der Waals surface area contributed by atoms with Gasteiger partial charge in [0.1, 0.15) is 5.82 Å². The number of hydrogen-bond donors (Lipinski definition) is 0. The summed E-state index contributed by atoms with van der Waals surface area (Å²) < 4.78 is 0. The Kier molecular flexibility index (Phi) is 6.35. The van der Waals surface area contributed by atoms with Crippen LogP contribution in [0.4, 0.5) is 11.5 Å². The molecule has 0 spiro atoms. The Bertz CT molecular complexity index is 1010. The molecule has 0 unspecified atom stereocenters. The highest BCUT2D eigenvalue weighted by Crippen LogP contribution is 2.36. The smallest absolute Gasteiger partial charge is 0.161 e. The summed E-state index contributed by atoms with van der Waals surface area (Å²) in [6, 6.07) is 21.1. The molecule has 0 radical (unpaired) electrons. The van der Waals surface area contributed by atoms with Gasteiger partial charge in [-0.05, 0) is 58.7 Å². The molecule has 0 aliphatic rings. The summed E-state index contributed by atoms with van der Waals surface area (Å²) in [6.45, 7) is 15.8. The number of carbonyl (C=O) groups is 1. The zero-order chi connectivity index (χ0) is 22.8. The first kappa shape index (κ1) is 22.7.